The molecule has 5 heteroatoms. The Balaban J connectivity index is 2.22. The van der Waals surface area contributed by atoms with Crippen LogP contribution in [0.25, 0.3) is 0 Å². The molecule has 0 aliphatic heterocycles. The number of carboxylic acid groups (broad SMARTS) is 1. The van der Waals surface area contributed by atoms with Crippen LogP contribution in [0.3, 0.4) is 0 Å². The molecule has 0 saturated heterocycles. The summed E-state index contributed by atoms with van der Waals surface area (Å²) in [5.41, 5.74) is 1.69. The fourth-order valence-electron chi connectivity index (χ4n) is 1.64. The van der Waals surface area contributed by atoms with Crippen molar-refractivity contribution >= 4 is 11.7 Å². The highest BCUT2D eigenvalue weighted by Crippen LogP contribution is 2.20. The van der Waals surface area contributed by atoms with Crippen molar-refractivity contribution in [3.8, 4) is 0 Å². The third-order valence-corrected chi connectivity index (χ3v) is 2.61. The van der Waals surface area contributed by atoms with Crippen LogP contribution < -0.4 is 5.32 Å². The minimum atomic E-state index is -0.974. The third-order valence-electron chi connectivity index (χ3n) is 2.61. The van der Waals surface area contributed by atoms with Gasteiger partial charge in [-0.2, -0.15) is 0 Å². The monoisotopic (exact) mass is 243 g/mol. The van der Waals surface area contributed by atoms with Gasteiger partial charge in [0.25, 0.3) is 0 Å². The van der Waals surface area contributed by atoms with Crippen molar-refractivity contribution in [2.75, 3.05) is 5.32 Å². The van der Waals surface area contributed by atoms with Gasteiger partial charge in [-0.25, -0.2) is 4.79 Å². The molecule has 5 nitrogen and oxygen atoms in total. The molecular weight excluding hydrogens is 230 g/mol. The summed E-state index contributed by atoms with van der Waals surface area (Å²) in [5.74, 6) is -0.974. The van der Waals surface area contributed by atoms with Crippen molar-refractivity contribution in [2.24, 2.45) is 0 Å². The van der Waals surface area contributed by atoms with Crippen LogP contribution in [-0.2, 0) is 0 Å². The summed E-state index contributed by atoms with van der Waals surface area (Å²) < 4.78 is 0. The van der Waals surface area contributed by atoms with E-state index in [4.69, 9.17) is 5.11 Å². The van der Waals surface area contributed by atoms with Gasteiger partial charge >= 0.3 is 5.97 Å². The zero-order chi connectivity index (χ0) is 13.0. The molecule has 0 spiro atoms. The van der Waals surface area contributed by atoms with E-state index in [0.717, 1.165) is 5.56 Å². The van der Waals surface area contributed by atoms with Crippen molar-refractivity contribution in [3.63, 3.8) is 0 Å². The van der Waals surface area contributed by atoms with Gasteiger partial charge < -0.3 is 10.4 Å². The molecule has 2 rings (SSSR count). The lowest BCUT2D eigenvalue weighted by Crippen LogP contribution is -2.11. The van der Waals surface area contributed by atoms with E-state index in [1.54, 1.807) is 12.4 Å². The first kappa shape index (κ1) is 12.0. The first-order valence-corrected chi connectivity index (χ1v) is 5.52. The van der Waals surface area contributed by atoms with E-state index >= 15 is 0 Å². The summed E-state index contributed by atoms with van der Waals surface area (Å²) in [6.45, 7) is 1.94. The molecule has 0 amide bonds. The van der Waals surface area contributed by atoms with Gasteiger partial charge in [0.05, 0.1) is 23.5 Å². The standard InChI is InChI=1S/C13H13N3O2/c1-9(10-3-2-5-14-7-10)16-12-8-15-6-4-11(12)13(17)18/h2-9,16H,1H3,(H,17,18). The fourth-order valence-corrected chi connectivity index (χ4v) is 1.64. The van der Waals surface area contributed by atoms with E-state index in [1.165, 1.54) is 18.5 Å². The predicted octanol–water partition coefficient (Wildman–Crippen LogP) is 2.35. The van der Waals surface area contributed by atoms with E-state index in [9.17, 15) is 4.79 Å². The number of rotatable bonds is 4. The Kier molecular flexibility index (Phi) is 3.52. The van der Waals surface area contributed by atoms with Crippen LogP contribution in [0.15, 0.2) is 43.0 Å². The molecule has 0 bridgehead atoms. The Morgan fingerprint density at radius 2 is 2.06 bits per heavy atom. The Labute approximate surface area is 105 Å². The first-order valence-electron chi connectivity index (χ1n) is 5.52. The number of hydrogen-bond acceptors (Lipinski definition) is 4. The fraction of sp³-hybridized carbons (Fsp3) is 0.154. The minimum absolute atomic E-state index is 0.0407. The molecule has 1 unspecified atom stereocenters. The van der Waals surface area contributed by atoms with Gasteiger partial charge in [-0.05, 0) is 24.6 Å². The molecule has 92 valence electrons. The molecule has 0 aliphatic carbocycles. The van der Waals surface area contributed by atoms with E-state index in [1.807, 2.05) is 19.1 Å². The Morgan fingerprint density at radius 1 is 1.28 bits per heavy atom. The maximum absolute atomic E-state index is 11.1. The highest BCUT2D eigenvalue weighted by atomic mass is 16.4. The van der Waals surface area contributed by atoms with Crippen LogP contribution in [0.5, 0.6) is 0 Å². The van der Waals surface area contributed by atoms with Gasteiger partial charge in [0.15, 0.2) is 0 Å². The van der Waals surface area contributed by atoms with Crippen LogP contribution in [-0.4, -0.2) is 21.0 Å². The summed E-state index contributed by atoms with van der Waals surface area (Å²) in [6, 6.07) is 5.21. The van der Waals surface area contributed by atoms with Crippen molar-refractivity contribution in [1.29, 1.82) is 0 Å². The summed E-state index contributed by atoms with van der Waals surface area (Å²) >= 11 is 0. The maximum atomic E-state index is 11.1. The maximum Gasteiger partial charge on any atom is 0.337 e. The van der Waals surface area contributed by atoms with E-state index < -0.39 is 5.97 Å². The number of carbonyl (C=O) groups is 1. The lowest BCUT2D eigenvalue weighted by Gasteiger charge is -2.16. The van der Waals surface area contributed by atoms with E-state index in [0.29, 0.717) is 5.69 Å². The number of nitrogens with zero attached hydrogens (tertiary/aromatic N) is 2. The van der Waals surface area contributed by atoms with Crippen molar-refractivity contribution < 1.29 is 9.90 Å². The average Bonchev–Trinajstić information content (AvgIpc) is 2.40. The number of aromatic carboxylic acids is 1. The van der Waals surface area contributed by atoms with Crippen LogP contribution in [0.1, 0.15) is 28.9 Å². The van der Waals surface area contributed by atoms with Gasteiger partial charge in [0.1, 0.15) is 0 Å². The van der Waals surface area contributed by atoms with Crippen LogP contribution in [0.2, 0.25) is 0 Å². The molecule has 0 aliphatic rings. The average molecular weight is 243 g/mol. The van der Waals surface area contributed by atoms with Crippen LogP contribution in [0.4, 0.5) is 5.69 Å². The smallest absolute Gasteiger partial charge is 0.337 e. The largest absolute Gasteiger partial charge is 0.478 e. The molecule has 0 aromatic carbocycles. The molecule has 2 aromatic heterocycles. The number of aromatic nitrogens is 2. The van der Waals surface area contributed by atoms with Gasteiger partial charge in [-0.15, -0.1) is 0 Å². The molecule has 18 heavy (non-hydrogen) atoms. The highest BCUT2D eigenvalue weighted by Gasteiger charge is 2.12. The number of pyridine rings is 2. The minimum Gasteiger partial charge on any atom is -0.478 e. The molecule has 0 radical (unpaired) electrons. The van der Waals surface area contributed by atoms with E-state index in [-0.39, 0.29) is 11.6 Å². The normalized spacial score (nSPS) is 11.8. The summed E-state index contributed by atoms with van der Waals surface area (Å²) in [7, 11) is 0. The molecule has 2 heterocycles. The molecule has 0 saturated carbocycles. The number of anilines is 1. The Bertz CT molecular complexity index is 543. The predicted molar refractivity (Wildman–Crippen MR) is 67.5 cm³/mol. The third kappa shape index (κ3) is 2.63. The van der Waals surface area contributed by atoms with Gasteiger partial charge in [0, 0.05) is 18.6 Å². The molecule has 2 aromatic rings. The van der Waals surface area contributed by atoms with E-state index in [2.05, 4.69) is 15.3 Å². The van der Waals surface area contributed by atoms with Crippen molar-refractivity contribution in [3.05, 3.63) is 54.1 Å². The second kappa shape index (κ2) is 5.27. The summed E-state index contributed by atoms with van der Waals surface area (Å²) in [5, 5.41) is 12.2. The molecule has 1 atom stereocenters. The summed E-state index contributed by atoms with van der Waals surface area (Å²) in [6.07, 6.45) is 6.41. The Morgan fingerprint density at radius 3 is 2.72 bits per heavy atom. The van der Waals surface area contributed by atoms with Crippen LogP contribution >= 0.6 is 0 Å². The molecule has 2 N–H and O–H groups in total. The number of nitrogens with one attached hydrogen (secondary N) is 1. The molecule has 0 fully saturated rings. The summed E-state index contributed by atoms with van der Waals surface area (Å²) in [4.78, 5) is 19.0. The number of carboxylic acids is 1. The van der Waals surface area contributed by atoms with Gasteiger partial charge in [0.2, 0.25) is 0 Å². The first-order chi connectivity index (χ1) is 8.68. The van der Waals surface area contributed by atoms with Crippen molar-refractivity contribution in [2.45, 2.75) is 13.0 Å². The topological polar surface area (TPSA) is 75.1 Å². The zero-order valence-electron chi connectivity index (χ0n) is 9.87. The lowest BCUT2D eigenvalue weighted by atomic mass is 10.1. The van der Waals surface area contributed by atoms with Crippen LogP contribution in [0, 0.1) is 0 Å². The lowest BCUT2D eigenvalue weighted by molar-refractivity contribution is 0.0698. The zero-order valence-corrected chi connectivity index (χ0v) is 9.87. The van der Waals surface area contributed by atoms with Crippen molar-refractivity contribution in [1.82, 2.24) is 9.97 Å². The highest BCUT2D eigenvalue weighted by molar-refractivity contribution is 5.93. The van der Waals surface area contributed by atoms with Gasteiger partial charge in [-0.3, -0.25) is 9.97 Å². The Hall–Kier alpha value is -2.43. The number of hydrogen-bond donors (Lipinski definition) is 2. The second-order valence-corrected chi connectivity index (χ2v) is 3.88. The van der Waals surface area contributed by atoms with Gasteiger partial charge in [-0.1, -0.05) is 6.07 Å². The second-order valence-electron chi connectivity index (χ2n) is 3.88. The molecular formula is C13H13N3O2. The SMILES string of the molecule is CC(Nc1cnccc1C(=O)O)c1cccnc1. The quantitative estimate of drug-likeness (QED) is 0.862.